The largest absolute Gasteiger partial charge is 0.508 e. The molecule has 0 aliphatic carbocycles. The van der Waals surface area contributed by atoms with E-state index in [0.717, 1.165) is 89.8 Å². The molecule has 84 heavy (non-hydrogen) atoms. The summed E-state index contributed by atoms with van der Waals surface area (Å²) in [5, 5.41) is 20.2. The standard InChI is InChI=1S/C38H51N7O5S.C26H27FN4O2/c1-24(2)34(32-21-33(41-50-32)42-17-19-43(20-18-42)38(48)49-22-30-14-13-29-7-5-15-44(29)30)37(47)45-16-6-8-31(45)36(46)40-25(3)27-9-11-28(12-10-27)35-26(4)39-23-51-35;1-3-16-9-8-10-17-13-18(32)14-19(21(16)17)23-22(27)24-20(15-28-23)25(30-26(29-24)33-2)31-11-6-4-5-7-12-31/h9-12,21,23-25,29-31,34H,5-8,13-20,22H2,1-4H3,(H,40,46);8-10,13-15,32H,3-7,11-12H2,1-2H3. The zero-order chi connectivity index (χ0) is 58.6. The molecule has 5 fully saturated rings. The van der Waals surface area contributed by atoms with Crippen molar-refractivity contribution in [2.75, 3.05) is 75.9 Å². The Morgan fingerprint density at radius 3 is 2.36 bits per heavy atom. The number of hydrogen-bond acceptors (Lipinski definition) is 16. The third kappa shape index (κ3) is 12.2. The van der Waals surface area contributed by atoms with Gasteiger partial charge in [0.2, 0.25) is 11.8 Å². The number of phenols is 1. The first-order valence-electron chi connectivity index (χ1n) is 30.2. The van der Waals surface area contributed by atoms with Crippen molar-refractivity contribution < 1.29 is 37.9 Å². The number of piperazine rings is 1. The number of carbonyl (C=O) groups is 3. The first kappa shape index (κ1) is 58.3. The number of methoxy groups -OCH3 is 1. The Morgan fingerprint density at radius 2 is 1.63 bits per heavy atom. The lowest BCUT2D eigenvalue weighted by Crippen LogP contribution is -2.49. The zero-order valence-corrected chi connectivity index (χ0v) is 50.0. The molecule has 5 aliphatic rings. The number of hydrogen-bond donors (Lipinski definition) is 2. The number of aromatic hydroxyl groups is 1. The summed E-state index contributed by atoms with van der Waals surface area (Å²) < 4.78 is 33.0. The van der Waals surface area contributed by atoms with Crippen LogP contribution in [0.15, 0.2) is 76.9 Å². The molecule has 0 saturated carbocycles. The molecule has 2 N–H and O–H groups in total. The summed E-state index contributed by atoms with van der Waals surface area (Å²) in [4.78, 5) is 69.9. The van der Waals surface area contributed by atoms with Crippen LogP contribution in [-0.2, 0) is 20.7 Å². The maximum absolute atomic E-state index is 16.1. The highest BCUT2D eigenvalue weighted by molar-refractivity contribution is 7.13. The average Bonchev–Trinajstić information content (AvgIpc) is 4.16. The maximum Gasteiger partial charge on any atom is 0.409 e. The van der Waals surface area contributed by atoms with Crippen LogP contribution in [0.1, 0.15) is 126 Å². The van der Waals surface area contributed by atoms with Crippen LogP contribution in [0.4, 0.5) is 20.8 Å². The Kier molecular flexibility index (Phi) is 17.9. The number of fused-ring (bicyclic) bond motifs is 3. The average molecular weight is 1160 g/mol. The Hall–Kier alpha value is -7.45. The second-order valence-corrected chi connectivity index (χ2v) is 24.3. The highest BCUT2D eigenvalue weighted by Gasteiger charge is 2.41. The number of carbonyl (C=O) groups excluding carboxylic acids is 3. The fourth-order valence-corrected chi connectivity index (χ4v) is 14.0. The Labute approximate surface area is 494 Å². The van der Waals surface area contributed by atoms with E-state index in [1.807, 2.05) is 69.6 Å². The molecule has 0 radical (unpaired) electrons. The lowest BCUT2D eigenvalue weighted by molar-refractivity contribution is -0.141. The van der Waals surface area contributed by atoms with Crippen molar-refractivity contribution in [2.45, 2.75) is 135 Å². The minimum atomic E-state index is -0.568. The summed E-state index contributed by atoms with van der Waals surface area (Å²) >= 11 is 1.62. The van der Waals surface area contributed by atoms with Gasteiger partial charge >= 0.3 is 12.1 Å². The highest BCUT2D eigenvalue weighted by Crippen LogP contribution is 2.40. The van der Waals surface area contributed by atoms with Crippen molar-refractivity contribution in [3.8, 4) is 33.5 Å². The lowest BCUT2D eigenvalue weighted by Gasteiger charge is -2.34. The Morgan fingerprint density at radius 1 is 0.857 bits per heavy atom. The minimum Gasteiger partial charge on any atom is -0.508 e. The number of thiazole rings is 1. The van der Waals surface area contributed by atoms with Gasteiger partial charge in [0.05, 0.1) is 34.6 Å². The molecule has 0 bridgehead atoms. The van der Waals surface area contributed by atoms with Gasteiger partial charge in [-0.2, -0.15) is 9.97 Å². The van der Waals surface area contributed by atoms with E-state index < -0.39 is 17.8 Å². The smallest absolute Gasteiger partial charge is 0.409 e. The van der Waals surface area contributed by atoms with Gasteiger partial charge in [-0.05, 0) is 124 Å². The number of nitrogens with one attached hydrogen (secondary N) is 1. The molecule has 18 nitrogen and oxygen atoms in total. The predicted molar refractivity (Wildman–Crippen MR) is 324 cm³/mol. The first-order chi connectivity index (χ1) is 40.8. The molecule has 5 aliphatic heterocycles. The molecule has 444 valence electrons. The van der Waals surface area contributed by atoms with E-state index in [9.17, 15) is 19.5 Å². The normalized spacial score (nSPS) is 20.0. The van der Waals surface area contributed by atoms with Crippen LogP contribution < -0.4 is 19.9 Å². The second-order valence-electron chi connectivity index (χ2n) is 23.4. The topological polar surface area (TPSA) is 196 Å². The van der Waals surface area contributed by atoms with Gasteiger partial charge in [-0.25, -0.2) is 14.2 Å². The predicted octanol–water partition coefficient (Wildman–Crippen LogP) is 11.2. The first-order valence-corrected chi connectivity index (χ1v) is 31.1. The van der Waals surface area contributed by atoms with Crippen LogP contribution in [0.5, 0.6) is 11.8 Å². The number of nitrogens with zero attached hydrogens (tertiary/aromatic N) is 10. The van der Waals surface area contributed by atoms with E-state index in [1.54, 1.807) is 39.5 Å². The summed E-state index contributed by atoms with van der Waals surface area (Å²) in [5.41, 5.74) is 6.92. The number of amides is 3. The van der Waals surface area contributed by atoms with Gasteiger partial charge in [0.25, 0.3) is 0 Å². The number of ether oxygens (including phenoxy) is 2. The molecule has 5 unspecified atom stereocenters. The van der Waals surface area contributed by atoms with Gasteiger partial charge in [-0.3, -0.25) is 19.5 Å². The number of aromatic nitrogens is 5. The van der Waals surface area contributed by atoms with Crippen LogP contribution >= 0.6 is 11.3 Å². The van der Waals surface area contributed by atoms with E-state index >= 15 is 4.39 Å². The molecule has 0 spiro atoms. The second kappa shape index (κ2) is 25.8. The van der Waals surface area contributed by atoms with Crippen molar-refractivity contribution >= 4 is 62.6 Å². The summed E-state index contributed by atoms with van der Waals surface area (Å²) in [6.45, 7) is 16.1. The molecule has 7 aromatic rings. The molecule has 4 aromatic heterocycles. The molecular weight excluding hydrogens is 1090 g/mol. The van der Waals surface area contributed by atoms with Crippen LogP contribution in [-0.4, -0.2) is 147 Å². The van der Waals surface area contributed by atoms with Gasteiger partial charge in [-0.1, -0.05) is 81.2 Å². The molecule has 5 atom stereocenters. The fraction of sp³-hybridized carbons (Fsp3) is 0.500. The third-order valence-electron chi connectivity index (χ3n) is 17.8. The number of anilines is 2. The Balaban J connectivity index is 0.000000192. The fourth-order valence-electron chi connectivity index (χ4n) is 13.2. The van der Waals surface area contributed by atoms with E-state index in [2.05, 4.69) is 64.2 Å². The van der Waals surface area contributed by atoms with E-state index in [-0.39, 0.29) is 52.8 Å². The summed E-state index contributed by atoms with van der Waals surface area (Å²) in [7, 11) is 1.49. The number of halogens is 1. The van der Waals surface area contributed by atoms with Crippen molar-refractivity contribution in [2.24, 2.45) is 5.92 Å². The minimum absolute atomic E-state index is 0.0652. The molecule has 3 amide bonds. The summed E-state index contributed by atoms with van der Waals surface area (Å²) in [6.07, 6.45) is 12.9. The van der Waals surface area contributed by atoms with Crippen LogP contribution in [0.2, 0.25) is 0 Å². The molecule has 12 rings (SSSR count). The molecule has 5 saturated heterocycles. The number of likely N-dealkylation sites (tertiary alicyclic amines) is 1. The van der Waals surface area contributed by atoms with E-state index in [0.29, 0.717) is 86.2 Å². The number of pyridine rings is 1. The molecule has 9 heterocycles. The molecular formula is C64H78FN11O7S. The SMILES string of the molecule is CCc1cccc2cc(O)cc(-c3ncc4c(N5CCCCCC5)nc(OC)nc4c3F)c12.Cc1ncsc1-c1ccc(C(C)NC(=O)C2CCCN2C(=O)C(c2cc(N3CCN(C(=O)OCC4CCC5CCCN54)CC3)no2)C(C)C)cc1. The van der Waals surface area contributed by atoms with Gasteiger partial charge in [0, 0.05) is 75.7 Å². The molecule has 3 aromatic carbocycles. The summed E-state index contributed by atoms with van der Waals surface area (Å²) in [5.74, 6) is 0.453. The highest BCUT2D eigenvalue weighted by atomic mass is 32.1. The van der Waals surface area contributed by atoms with Crippen molar-refractivity contribution in [1.82, 2.24) is 45.1 Å². The van der Waals surface area contributed by atoms with Crippen molar-refractivity contribution in [3.05, 3.63) is 101 Å². The van der Waals surface area contributed by atoms with Crippen LogP contribution in [0.25, 0.3) is 43.4 Å². The van der Waals surface area contributed by atoms with E-state index in [4.69, 9.17) is 14.0 Å². The number of rotatable bonds is 14. The van der Waals surface area contributed by atoms with Crippen LogP contribution in [0, 0.1) is 18.7 Å². The third-order valence-corrected chi connectivity index (χ3v) is 18.8. The van der Waals surface area contributed by atoms with E-state index in [1.165, 1.54) is 39.2 Å². The van der Waals surface area contributed by atoms with Crippen molar-refractivity contribution in [3.63, 3.8) is 0 Å². The quantitative estimate of drug-likeness (QED) is 0.104. The number of benzene rings is 3. The number of aryl methyl sites for hydroxylation is 2. The van der Waals surface area contributed by atoms with Crippen LogP contribution in [0.3, 0.4) is 0 Å². The lowest BCUT2D eigenvalue weighted by atomic mass is 9.91. The van der Waals surface area contributed by atoms with Crippen molar-refractivity contribution in [1.29, 1.82) is 0 Å². The maximum atomic E-state index is 16.1. The molecule has 20 heteroatoms. The van der Waals surface area contributed by atoms with Gasteiger partial charge in [-0.15, -0.1) is 11.3 Å². The van der Waals surface area contributed by atoms with Gasteiger partial charge in [0.1, 0.15) is 41.3 Å². The number of phenolic OH excluding ortho intramolecular Hbond substituents is 1. The van der Waals surface area contributed by atoms with Gasteiger partial charge in [0.15, 0.2) is 17.4 Å². The Bertz CT molecular complexity index is 3470. The summed E-state index contributed by atoms with van der Waals surface area (Å²) in [6, 6.07) is 19.6. The monoisotopic (exact) mass is 1160 g/mol. The zero-order valence-electron chi connectivity index (χ0n) is 49.2. The van der Waals surface area contributed by atoms with Gasteiger partial charge < -0.3 is 44.0 Å².